The lowest BCUT2D eigenvalue weighted by atomic mass is 9.94. The van der Waals surface area contributed by atoms with E-state index in [1.54, 1.807) is 0 Å². The first-order valence-electron chi connectivity index (χ1n) is 21.3. The number of pyridine rings is 1. The van der Waals surface area contributed by atoms with Gasteiger partial charge in [-0.3, -0.25) is 4.98 Å². The van der Waals surface area contributed by atoms with Crippen molar-refractivity contribution in [3.8, 4) is 44.8 Å². The molecule has 0 aliphatic rings. The van der Waals surface area contributed by atoms with Gasteiger partial charge in [-0.15, -0.1) is 0 Å². The van der Waals surface area contributed by atoms with Crippen LogP contribution >= 0.6 is 0 Å². The monoisotopic (exact) mass is 787 g/mol. The maximum absolute atomic E-state index is 4.56. The number of aromatic nitrogens is 3. The van der Waals surface area contributed by atoms with Crippen LogP contribution in [0.5, 0.6) is 0 Å². The third-order valence-corrected chi connectivity index (χ3v) is 13.0. The minimum absolute atomic E-state index is 1.13. The number of hydrogen-bond acceptors (Lipinski definition) is 1. The van der Waals surface area contributed by atoms with Gasteiger partial charge in [-0.05, 0) is 126 Å². The highest BCUT2D eigenvalue weighted by Gasteiger charge is 2.17. The molecule has 10 aromatic carbocycles. The van der Waals surface area contributed by atoms with Gasteiger partial charge in [0.1, 0.15) is 0 Å². The van der Waals surface area contributed by atoms with E-state index in [0.717, 1.165) is 27.8 Å². The van der Waals surface area contributed by atoms with E-state index in [2.05, 4.69) is 226 Å². The average molecular weight is 788 g/mol. The van der Waals surface area contributed by atoms with E-state index in [9.17, 15) is 0 Å². The summed E-state index contributed by atoms with van der Waals surface area (Å²) < 4.78 is 4.80. The highest BCUT2D eigenvalue weighted by molar-refractivity contribution is 6.25. The predicted octanol–water partition coefficient (Wildman–Crippen LogP) is 15.7. The highest BCUT2D eigenvalue weighted by atomic mass is 15.0. The van der Waals surface area contributed by atoms with Gasteiger partial charge >= 0.3 is 0 Å². The van der Waals surface area contributed by atoms with Gasteiger partial charge in [-0.2, -0.15) is 0 Å². The second kappa shape index (κ2) is 13.6. The Morgan fingerprint density at radius 1 is 0.242 bits per heavy atom. The molecule has 0 amide bonds. The Hall–Kier alpha value is -8.27. The van der Waals surface area contributed by atoms with E-state index in [1.165, 1.54) is 92.9 Å². The smallest absolute Gasteiger partial charge is 0.0571 e. The lowest BCUT2D eigenvalue weighted by Gasteiger charge is -2.14. The van der Waals surface area contributed by atoms with Crippen LogP contribution < -0.4 is 0 Å². The van der Waals surface area contributed by atoms with Crippen molar-refractivity contribution in [3.05, 3.63) is 225 Å². The fourth-order valence-electron chi connectivity index (χ4n) is 10.1. The number of fused-ring (bicyclic) bond motifs is 12. The van der Waals surface area contributed by atoms with Crippen molar-refractivity contribution in [1.82, 2.24) is 14.1 Å². The molecule has 3 aromatic heterocycles. The summed E-state index contributed by atoms with van der Waals surface area (Å²) in [6, 6.07) is 77.7. The largest absolute Gasteiger partial charge is 0.309 e. The first kappa shape index (κ1) is 34.6. The average Bonchev–Trinajstić information content (AvgIpc) is 3.86. The molecular weight excluding hydrogens is 751 g/mol. The van der Waals surface area contributed by atoms with Gasteiger partial charge in [0.15, 0.2) is 0 Å². The van der Waals surface area contributed by atoms with Crippen LogP contribution in [0.1, 0.15) is 0 Å². The van der Waals surface area contributed by atoms with E-state index < -0.39 is 0 Å². The molecule has 0 bridgehead atoms. The summed E-state index contributed by atoms with van der Waals surface area (Å²) in [6.07, 6.45) is 3.89. The second-order valence-electron chi connectivity index (χ2n) is 16.4. The summed E-state index contributed by atoms with van der Waals surface area (Å²) in [7, 11) is 0. The third-order valence-electron chi connectivity index (χ3n) is 13.0. The van der Waals surface area contributed by atoms with Crippen LogP contribution in [0.2, 0.25) is 0 Å². The van der Waals surface area contributed by atoms with Gasteiger partial charge in [-0.1, -0.05) is 152 Å². The molecule has 3 heterocycles. The van der Waals surface area contributed by atoms with Gasteiger partial charge < -0.3 is 9.13 Å². The lowest BCUT2D eigenvalue weighted by Crippen LogP contribution is -1.94. The van der Waals surface area contributed by atoms with E-state index in [1.807, 2.05) is 12.4 Å². The van der Waals surface area contributed by atoms with Gasteiger partial charge in [0.05, 0.1) is 22.1 Å². The summed E-state index contributed by atoms with van der Waals surface area (Å²) in [4.78, 5) is 4.56. The Labute approximate surface area is 358 Å². The van der Waals surface area contributed by atoms with Crippen molar-refractivity contribution >= 4 is 75.9 Å². The van der Waals surface area contributed by atoms with Crippen LogP contribution in [0.3, 0.4) is 0 Å². The summed E-state index contributed by atoms with van der Waals surface area (Å²) >= 11 is 0. The zero-order valence-electron chi connectivity index (χ0n) is 33.7. The molecule has 0 spiro atoms. The number of para-hydroxylation sites is 1. The molecule has 0 atom stereocenters. The van der Waals surface area contributed by atoms with Crippen LogP contribution in [0, 0.1) is 0 Å². The van der Waals surface area contributed by atoms with Crippen LogP contribution in [-0.4, -0.2) is 14.1 Å². The van der Waals surface area contributed by atoms with E-state index in [0.29, 0.717) is 0 Å². The van der Waals surface area contributed by atoms with Gasteiger partial charge in [-0.25, -0.2) is 0 Å². The van der Waals surface area contributed by atoms with E-state index >= 15 is 0 Å². The molecule has 13 aromatic rings. The summed E-state index contributed by atoms with van der Waals surface area (Å²) in [5.74, 6) is 0. The Morgan fingerprint density at radius 2 is 0.694 bits per heavy atom. The first-order chi connectivity index (χ1) is 30.7. The summed E-state index contributed by atoms with van der Waals surface area (Å²) in [6.45, 7) is 0. The molecule has 0 aliphatic carbocycles. The second-order valence-corrected chi connectivity index (χ2v) is 16.4. The minimum Gasteiger partial charge on any atom is -0.309 e. The molecule has 3 nitrogen and oxygen atoms in total. The SMILES string of the molecule is c1ccc(-c2cccc(-n3c4ccncc4c4cc(-c5ccc(-c6ccc7c(c6)c6ccccc6n7-c6ccc7c8ccccc8c8ccccc8c7c6)cc5)ccc43)c2)cc1. The quantitative estimate of drug-likeness (QED) is 0.159. The van der Waals surface area contributed by atoms with Crippen LogP contribution in [-0.2, 0) is 0 Å². The molecule has 0 fully saturated rings. The molecule has 0 saturated heterocycles. The molecule has 0 unspecified atom stereocenters. The van der Waals surface area contributed by atoms with Crippen molar-refractivity contribution in [2.24, 2.45) is 0 Å². The molecule has 0 N–H and O–H groups in total. The van der Waals surface area contributed by atoms with Gasteiger partial charge in [0.2, 0.25) is 0 Å². The molecular formula is C59H37N3. The van der Waals surface area contributed by atoms with Crippen molar-refractivity contribution in [2.45, 2.75) is 0 Å². The zero-order chi connectivity index (χ0) is 40.7. The molecule has 13 rings (SSSR count). The zero-order valence-corrected chi connectivity index (χ0v) is 33.7. The van der Waals surface area contributed by atoms with Crippen molar-refractivity contribution in [1.29, 1.82) is 0 Å². The van der Waals surface area contributed by atoms with Crippen molar-refractivity contribution < 1.29 is 0 Å². The Balaban J connectivity index is 0.884. The number of benzene rings is 10. The molecule has 0 aliphatic heterocycles. The van der Waals surface area contributed by atoms with Crippen LogP contribution in [0.4, 0.5) is 0 Å². The molecule has 62 heavy (non-hydrogen) atoms. The van der Waals surface area contributed by atoms with Crippen molar-refractivity contribution in [2.75, 3.05) is 0 Å². The topological polar surface area (TPSA) is 22.8 Å². The minimum atomic E-state index is 1.13. The Morgan fingerprint density at radius 3 is 1.35 bits per heavy atom. The standard InChI is InChI=1S/C59H37N3/c1-2-11-38(12-3-1)41-13-10-14-44(33-41)61-58-30-26-43(35-54(58)55-37-60-32-31-59(55)61)40-23-21-39(22-24-40)42-25-29-57-53(34-42)51-19-8-9-20-56(51)62(57)45-27-28-50-48-17-5-4-15-46(48)47-16-6-7-18-49(47)52(50)36-45/h1-37H. The molecule has 3 heteroatoms. The maximum Gasteiger partial charge on any atom is 0.0571 e. The van der Waals surface area contributed by atoms with E-state index in [-0.39, 0.29) is 0 Å². The van der Waals surface area contributed by atoms with Crippen LogP contribution in [0.25, 0.3) is 121 Å². The number of hydrogen-bond donors (Lipinski definition) is 0. The Bertz CT molecular complexity index is 3870. The lowest BCUT2D eigenvalue weighted by molar-refractivity contribution is 1.17. The molecule has 288 valence electrons. The van der Waals surface area contributed by atoms with Gasteiger partial charge in [0.25, 0.3) is 0 Å². The third kappa shape index (κ3) is 5.28. The van der Waals surface area contributed by atoms with E-state index in [4.69, 9.17) is 0 Å². The summed E-state index contributed by atoms with van der Waals surface area (Å²) in [5.41, 5.74) is 14.2. The number of rotatable bonds is 5. The summed E-state index contributed by atoms with van der Waals surface area (Å²) in [5, 5.41) is 12.5. The van der Waals surface area contributed by atoms with Crippen molar-refractivity contribution in [3.63, 3.8) is 0 Å². The fraction of sp³-hybridized carbons (Fsp3) is 0. The fourth-order valence-corrected chi connectivity index (χ4v) is 10.1. The highest BCUT2D eigenvalue weighted by Crippen LogP contribution is 2.40. The molecule has 0 saturated carbocycles. The normalized spacial score (nSPS) is 11.9. The van der Waals surface area contributed by atoms with Crippen LogP contribution in [0.15, 0.2) is 225 Å². The maximum atomic E-state index is 4.56. The Kier molecular flexibility index (Phi) is 7.60. The number of nitrogens with zero attached hydrogens (tertiary/aromatic N) is 3. The van der Waals surface area contributed by atoms with Gasteiger partial charge in [0, 0.05) is 45.3 Å². The first-order valence-corrected chi connectivity index (χ1v) is 21.3. The molecule has 0 radical (unpaired) electrons. The predicted molar refractivity (Wildman–Crippen MR) is 262 cm³/mol.